The van der Waals surface area contributed by atoms with Gasteiger partial charge in [-0.1, -0.05) is 0 Å². The van der Waals surface area contributed by atoms with Crippen molar-refractivity contribution < 1.29 is 4.79 Å². The summed E-state index contributed by atoms with van der Waals surface area (Å²) in [6.07, 6.45) is 6.76. The summed E-state index contributed by atoms with van der Waals surface area (Å²) in [6, 6.07) is 5.42. The molecule has 1 amide bonds. The van der Waals surface area contributed by atoms with Gasteiger partial charge in [0, 0.05) is 41.6 Å². The minimum atomic E-state index is 0.0311. The predicted molar refractivity (Wildman–Crippen MR) is 59.0 cm³/mol. The highest BCUT2D eigenvalue weighted by atomic mass is 16.2. The van der Waals surface area contributed by atoms with Gasteiger partial charge in [0.25, 0.3) is 5.91 Å². The average molecular weight is 211 g/mol. The first kappa shape index (κ1) is 9.03. The normalized spacial score (nSPS) is 14.0. The number of rotatable bonds is 1. The van der Waals surface area contributed by atoms with Crippen LogP contribution >= 0.6 is 0 Å². The molecule has 0 radical (unpaired) electrons. The molecule has 16 heavy (non-hydrogen) atoms. The number of hydrogen-bond donors (Lipinski definition) is 0. The van der Waals surface area contributed by atoms with Crippen molar-refractivity contribution in [3.8, 4) is 0 Å². The number of pyridine rings is 2. The van der Waals surface area contributed by atoms with Crippen LogP contribution in [0.15, 0.2) is 43.0 Å². The summed E-state index contributed by atoms with van der Waals surface area (Å²) in [5.41, 5.74) is 2.59. The van der Waals surface area contributed by atoms with E-state index < -0.39 is 0 Å². The Balaban J connectivity index is 2.02. The molecule has 0 aliphatic carbocycles. The third-order valence-corrected chi connectivity index (χ3v) is 2.68. The molecule has 1 aliphatic heterocycles. The van der Waals surface area contributed by atoms with Crippen LogP contribution in [-0.4, -0.2) is 15.9 Å². The first-order chi connectivity index (χ1) is 7.86. The molecular weight excluding hydrogens is 202 g/mol. The van der Waals surface area contributed by atoms with Gasteiger partial charge < -0.3 is 4.90 Å². The molecule has 0 atom stereocenters. The Morgan fingerprint density at radius 3 is 2.56 bits per heavy atom. The van der Waals surface area contributed by atoms with Gasteiger partial charge in [-0.25, -0.2) is 0 Å². The number of fused-ring (bicyclic) bond motifs is 1. The lowest BCUT2D eigenvalue weighted by Gasteiger charge is -2.14. The smallest absolute Gasteiger partial charge is 0.259 e. The average Bonchev–Trinajstić information content (AvgIpc) is 2.69. The number of hydrogen-bond acceptors (Lipinski definition) is 3. The fourth-order valence-electron chi connectivity index (χ4n) is 1.88. The molecule has 1 aliphatic rings. The maximum atomic E-state index is 12.1. The van der Waals surface area contributed by atoms with E-state index in [-0.39, 0.29) is 5.91 Å². The third kappa shape index (κ3) is 1.27. The van der Waals surface area contributed by atoms with Gasteiger partial charge >= 0.3 is 0 Å². The Bertz CT molecular complexity index is 539. The van der Waals surface area contributed by atoms with Crippen molar-refractivity contribution in [1.29, 1.82) is 0 Å². The molecule has 3 rings (SSSR count). The Hall–Kier alpha value is -2.23. The molecular formula is C12H9N3O. The fraction of sp³-hybridized carbons (Fsp3) is 0.0833. The van der Waals surface area contributed by atoms with Crippen molar-refractivity contribution in [2.24, 2.45) is 0 Å². The Kier molecular flexibility index (Phi) is 1.93. The van der Waals surface area contributed by atoms with Crippen LogP contribution in [0, 0.1) is 0 Å². The number of aromatic nitrogens is 2. The van der Waals surface area contributed by atoms with E-state index in [1.54, 1.807) is 35.8 Å². The molecule has 78 valence electrons. The van der Waals surface area contributed by atoms with Crippen molar-refractivity contribution >= 4 is 11.6 Å². The Morgan fingerprint density at radius 2 is 1.81 bits per heavy atom. The predicted octanol–water partition coefficient (Wildman–Crippen LogP) is 1.64. The van der Waals surface area contributed by atoms with E-state index in [4.69, 9.17) is 0 Å². The maximum absolute atomic E-state index is 12.1. The molecule has 0 saturated carbocycles. The van der Waals surface area contributed by atoms with E-state index in [0.29, 0.717) is 6.54 Å². The number of anilines is 1. The molecule has 0 fully saturated rings. The van der Waals surface area contributed by atoms with E-state index >= 15 is 0 Å². The summed E-state index contributed by atoms with van der Waals surface area (Å²) in [5.74, 6) is 0.0311. The third-order valence-electron chi connectivity index (χ3n) is 2.68. The van der Waals surface area contributed by atoms with Crippen molar-refractivity contribution in [3.63, 3.8) is 0 Å². The molecule has 4 nitrogen and oxygen atoms in total. The summed E-state index contributed by atoms with van der Waals surface area (Å²) < 4.78 is 0. The van der Waals surface area contributed by atoms with Crippen LogP contribution in [0.1, 0.15) is 15.9 Å². The maximum Gasteiger partial charge on any atom is 0.259 e. The highest BCUT2D eigenvalue weighted by Gasteiger charge is 2.27. The number of carbonyl (C=O) groups excluding carboxylic acids is 1. The van der Waals surface area contributed by atoms with E-state index in [0.717, 1.165) is 16.8 Å². The van der Waals surface area contributed by atoms with E-state index in [1.165, 1.54) is 0 Å². The van der Waals surface area contributed by atoms with Crippen molar-refractivity contribution in [2.45, 2.75) is 6.54 Å². The van der Waals surface area contributed by atoms with Gasteiger partial charge in [-0.2, -0.15) is 0 Å². The summed E-state index contributed by atoms with van der Waals surface area (Å²) in [7, 11) is 0. The molecule has 2 aromatic heterocycles. The van der Waals surface area contributed by atoms with Crippen LogP contribution < -0.4 is 4.90 Å². The zero-order chi connectivity index (χ0) is 11.0. The monoisotopic (exact) mass is 211 g/mol. The van der Waals surface area contributed by atoms with Crippen molar-refractivity contribution in [1.82, 2.24) is 9.97 Å². The summed E-state index contributed by atoms with van der Waals surface area (Å²) in [4.78, 5) is 21.8. The second-order valence-electron chi connectivity index (χ2n) is 3.63. The van der Waals surface area contributed by atoms with Gasteiger partial charge in [0.05, 0.1) is 6.54 Å². The lowest BCUT2D eigenvalue weighted by Crippen LogP contribution is -2.22. The second-order valence-corrected chi connectivity index (χ2v) is 3.63. The largest absolute Gasteiger partial charge is 0.304 e. The van der Waals surface area contributed by atoms with Gasteiger partial charge in [0.15, 0.2) is 0 Å². The quantitative estimate of drug-likeness (QED) is 0.720. The van der Waals surface area contributed by atoms with Crippen LogP contribution in [0.25, 0.3) is 0 Å². The zero-order valence-electron chi connectivity index (χ0n) is 8.50. The number of nitrogens with zero attached hydrogens (tertiary/aromatic N) is 3. The van der Waals surface area contributed by atoms with Crippen LogP contribution in [0.2, 0.25) is 0 Å². The van der Waals surface area contributed by atoms with E-state index in [2.05, 4.69) is 9.97 Å². The van der Waals surface area contributed by atoms with Crippen molar-refractivity contribution in [2.75, 3.05) is 4.90 Å². The lowest BCUT2D eigenvalue weighted by molar-refractivity contribution is 0.0996. The van der Waals surface area contributed by atoms with Crippen LogP contribution in [0.5, 0.6) is 0 Å². The van der Waals surface area contributed by atoms with Crippen LogP contribution in [0.3, 0.4) is 0 Å². The second kappa shape index (κ2) is 3.41. The van der Waals surface area contributed by atoms with Crippen LogP contribution in [0.4, 0.5) is 5.69 Å². The minimum Gasteiger partial charge on any atom is -0.304 e. The SMILES string of the molecule is O=C1c2ccncc2CN1c1ccncc1. The number of amides is 1. The number of carbonyl (C=O) groups is 1. The molecule has 0 spiro atoms. The Labute approximate surface area is 92.6 Å². The van der Waals surface area contributed by atoms with E-state index in [9.17, 15) is 4.79 Å². The van der Waals surface area contributed by atoms with Gasteiger partial charge in [0.1, 0.15) is 0 Å². The summed E-state index contributed by atoms with van der Waals surface area (Å²) in [6.45, 7) is 0.589. The molecule has 0 aromatic carbocycles. The highest BCUT2D eigenvalue weighted by Crippen LogP contribution is 2.26. The highest BCUT2D eigenvalue weighted by molar-refractivity contribution is 6.09. The van der Waals surface area contributed by atoms with Gasteiger partial charge in [0.2, 0.25) is 0 Å². The molecule has 4 heteroatoms. The van der Waals surface area contributed by atoms with Gasteiger partial charge in [-0.05, 0) is 18.2 Å². The molecule has 3 heterocycles. The van der Waals surface area contributed by atoms with E-state index in [1.807, 2.05) is 12.1 Å². The standard InChI is InChI=1S/C12H9N3O/c16-12-11-3-6-14-7-9(11)8-15(12)10-1-4-13-5-2-10/h1-7H,8H2. The van der Waals surface area contributed by atoms with Gasteiger partial charge in [-0.15, -0.1) is 0 Å². The minimum absolute atomic E-state index is 0.0311. The molecule has 0 saturated heterocycles. The van der Waals surface area contributed by atoms with Crippen molar-refractivity contribution in [3.05, 3.63) is 54.1 Å². The molecule has 2 aromatic rings. The fourth-order valence-corrected chi connectivity index (χ4v) is 1.88. The molecule has 0 unspecified atom stereocenters. The van der Waals surface area contributed by atoms with Crippen LogP contribution in [-0.2, 0) is 6.54 Å². The van der Waals surface area contributed by atoms with Gasteiger partial charge in [-0.3, -0.25) is 14.8 Å². The molecule has 0 bridgehead atoms. The molecule has 0 N–H and O–H groups in total. The summed E-state index contributed by atoms with van der Waals surface area (Å²) in [5, 5.41) is 0. The lowest BCUT2D eigenvalue weighted by atomic mass is 10.2. The Morgan fingerprint density at radius 1 is 1.06 bits per heavy atom. The first-order valence-corrected chi connectivity index (χ1v) is 5.01. The topological polar surface area (TPSA) is 46.1 Å². The summed E-state index contributed by atoms with van der Waals surface area (Å²) >= 11 is 0. The zero-order valence-corrected chi connectivity index (χ0v) is 8.50. The first-order valence-electron chi connectivity index (χ1n) is 5.01.